The maximum atomic E-state index is 10.9. The first kappa shape index (κ1) is 21.6. The topological polar surface area (TPSA) is 46.5 Å². The van der Waals surface area contributed by atoms with E-state index < -0.39 is 5.97 Å². The first-order valence-electron chi connectivity index (χ1n) is 10.3. The van der Waals surface area contributed by atoms with Crippen molar-refractivity contribution < 1.29 is 14.6 Å². The number of carbonyl (C=O) groups is 1. The van der Waals surface area contributed by atoms with Gasteiger partial charge in [0.15, 0.2) is 0 Å². The predicted octanol–water partition coefficient (Wildman–Crippen LogP) is 6.30. The summed E-state index contributed by atoms with van der Waals surface area (Å²) >= 11 is 0. The van der Waals surface area contributed by atoms with Crippen LogP contribution in [0.2, 0.25) is 0 Å². The van der Waals surface area contributed by atoms with Crippen LogP contribution in [-0.4, -0.2) is 17.7 Å². The highest BCUT2D eigenvalue weighted by Gasteiger charge is 2.00. The van der Waals surface area contributed by atoms with Gasteiger partial charge in [-0.1, -0.05) is 63.7 Å². The molecule has 2 rings (SSSR count). The SMILES string of the molecule is CCCCCCCCCCOc1ccc(C#Cc2ccc(C(=O)O)cc2)cc1. The fourth-order valence-corrected chi connectivity index (χ4v) is 2.90. The lowest BCUT2D eigenvalue weighted by molar-refractivity contribution is 0.0697. The summed E-state index contributed by atoms with van der Waals surface area (Å²) in [5.41, 5.74) is 1.96. The zero-order valence-corrected chi connectivity index (χ0v) is 16.7. The van der Waals surface area contributed by atoms with Crippen molar-refractivity contribution in [2.75, 3.05) is 6.61 Å². The van der Waals surface area contributed by atoms with E-state index in [-0.39, 0.29) is 5.56 Å². The second-order valence-corrected chi connectivity index (χ2v) is 6.98. The Hall–Kier alpha value is -2.73. The molecule has 0 aliphatic heterocycles. The third-order valence-electron chi connectivity index (χ3n) is 4.60. The van der Waals surface area contributed by atoms with E-state index in [1.54, 1.807) is 24.3 Å². The zero-order chi connectivity index (χ0) is 20.0. The van der Waals surface area contributed by atoms with Crippen molar-refractivity contribution in [2.45, 2.75) is 58.3 Å². The average Bonchev–Trinajstić information content (AvgIpc) is 2.72. The maximum absolute atomic E-state index is 10.9. The number of hydrogen-bond donors (Lipinski definition) is 1. The lowest BCUT2D eigenvalue weighted by Crippen LogP contribution is -1.97. The van der Waals surface area contributed by atoms with Gasteiger partial charge in [0.2, 0.25) is 0 Å². The van der Waals surface area contributed by atoms with Crippen molar-refractivity contribution in [2.24, 2.45) is 0 Å². The minimum Gasteiger partial charge on any atom is -0.494 e. The van der Waals surface area contributed by atoms with Crippen LogP contribution in [0.5, 0.6) is 5.75 Å². The standard InChI is InChI=1S/C25H30O3/c1-2-3-4-5-6-7-8-9-20-28-24-18-14-22(15-19-24)11-10-21-12-16-23(17-13-21)25(26)27/h12-19H,2-9,20H2,1H3,(H,26,27). The summed E-state index contributed by atoms with van der Waals surface area (Å²) in [6.45, 7) is 3.01. The molecule has 0 unspecified atom stereocenters. The lowest BCUT2D eigenvalue weighted by Gasteiger charge is -2.06. The van der Waals surface area contributed by atoms with Gasteiger partial charge in [0.05, 0.1) is 12.2 Å². The number of aromatic carboxylic acids is 1. The molecule has 2 aromatic carbocycles. The molecule has 0 radical (unpaired) electrons. The van der Waals surface area contributed by atoms with Crippen LogP contribution in [0.3, 0.4) is 0 Å². The van der Waals surface area contributed by atoms with Crippen LogP contribution in [0.1, 0.15) is 79.8 Å². The van der Waals surface area contributed by atoms with E-state index in [0.29, 0.717) is 0 Å². The maximum Gasteiger partial charge on any atom is 0.335 e. The second-order valence-electron chi connectivity index (χ2n) is 6.98. The molecule has 3 heteroatoms. The van der Waals surface area contributed by atoms with Crippen LogP contribution in [0.4, 0.5) is 0 Å². The van der Waals surface area contributed by atoms with Gasteiger partial charge in [-0.25, -0.2) is 4.79 Å². The van der Waals surface area contributed by atoms with Crippen molar-refractivity contribution in [3.63, 3.8) is 0 Å². The van der Waals surface area contributed by atoms with Gasteiger partial charge >= 0.3 is 5.97 Å². The number of ether oxygens (including phenoxy) is 1. The van der Waals surface area contributed by atoms with E-state index in [1.165, 1.54) is 44.9 Å². The second kappa shape index (κ2) is 12.6. The van der Waals surface area contributed by atoms with Gasteiger partial charge in [0, 0.05) is 11.1 Å². The third-order valence-corrected chi connectivity index (χ3v) is 4.60. The van der Waals surface area contributed by atoms with Gasteiger partial charge in [-0.05, 0) is 55.0 Å². The summed E-state index contributed by atoms with van der Waals surface area (Å²) in [6, 6.07) is 14.4. The largest absolute Gasteiger partial charge is 0.494 e. The Bertz CT molecular complexity index is 764. The first-order chi connectivity index (χ1) is 13.7. The summed E-state index contributed by atoms with van der Waals surface area (Å²) < 4.78 is 5.80. The molecule has 1 N–H and O–H groups in total. The first-order valence-corrected chi connectivity index (χ1v) is 10.3. The molecule has 0 saturated heterocycles. The molecule has 0 aromatic heterocycles. The molecule has 0 saturated carbocycles. The Morgan fingerprint density at radius 3 is 1.82 bits per heavy atom. The molecular formula is C25H30O3. The van der Waals surface area contributed by atoms with Gasteiger partial charge in [0.1, 0.15) is 5.75 Å². The Morgan fingerprint density at radius 1 is 0.786 bits per heavy atom. The van der Waals surface area contributed by atoms with Crippen LogP contribution < -0.4 is 4.74 Å². The molecule has 0 amide bonds. The van der Waals surface area contributed by atoms with E-state index in [4.69, 9.17) is 9.84 Å². The Labute approximate surface area is 168 Å². The van der Waals surface area contributed by atoms with Crippen molar-refractivity contribution in [3.8, 4) is 17.6 Å². The van der Waals surface area contributed by atoms with Gasteiger partial charge in [-0.3, -0.25) is 0 Å². The fraction of sp³-hybridized carbons (Fsp3) is 0.400. The quantitative estimate of drug-likeness (QED) is 0.368. The Morgan fingerprint density at radius 2 is 1.29 bits per heavy atom. The van der Waals surface area contributed by atoms with Gasteiger partial charge < -0.3 is 9.84 Å². The van der Waals surface area contributed by atoms with Crippen LogP contribution in [0.15, 0.2) is 48.5 Å². The lowest BCUT2D eigenvalue weighted by atomic mass is 10.1. The Kier molecular flexibility index (Phi) is 9.72. The molecule has 3 nitrogen and oxygen atoms in total. The van der Waals surface area contributed by atoms with Crippen LogP contribution in [-0.2, 0) is 0 Å². The summed E-state index contributed by atoms with van der Waals surface area (Å²) in [5.74, 6) is 6.08. The molecular weight excluding hydrogens is 348 g/mol. The van der Waals surface area contributed by atoms with Crippen molar-refractivity contribution in [1.82, 2.24) is 0 Å². The molecule has 0 spiro atoms. The monoisotopic (exact) mass is 378 g/mol. The summed E-state index contributed by atoms with van der Waals surface area (Å²) in [4.78, 5) is 10.9. The number of carboxylic acid groups (broad SMARTS) is 1. The summed E-state index contributed by atoms with van der Waals surface area (Å²) in [7, 11) is 0. The molecule has 28 heavy (non-hydrogen) atoms. The molecule has 0 atom stereocenters. The van der Waals surface area contributed by atoms with Crippen LogP contribution in [0.25, 0.3) is 0 Å². The number of unbranched alkanes of at least 4 members (excludes halogenated alkanes) is 7. The van der Waals surface area contributed by atoms with E-state index in [0.717, 1.165) is 29.9 Å². The van der Waals surface area contributed by atoms with Crippen LogP contribution >= 0.6 is 0 Å². The van der Waals surface area contributed by atoms with E-state index in [2.05, 4.69) is 18.8 Å². The van der Waals surface area contributed by atoms with Crippen molar-refractivity contribution >= 4 is 5.97 Å². The minimum atomic E-state index is -0.929. The van der Waals surface area contributed by atoms with Gasteiger partial charge in [0.25, 0.3) is 0 Å². The summed E-state index contributed by atoms with van der Waals surface area (Å²) in [5, 5.41) is 8.91. The third kappa shape index (κ3) is 8.31. The molecule has 0 aliphatic rings. The number of benzene rings is 2. The van der Waals surface area contributed by atoms with E-state index in [9.17, 15) is 4.79 Å². The molecule has 0 aliphatic carbocycles. The molecule has 148 valence electrons. The average molecular weight is 379 g/mol. The zero-order valence-electron chi connectivity index (χ0n) is 16.7. The smallest absolute Gasteiger partial charge is 0.335 e. The van der Waals surface area contributed by atoms with Crippen LogP contribution in [0, 0.1) is 11.8 Å². The number of carboxylic acids is 1. The molecule has 0 bridgehead atoms. The number of rotatable bonds is 11. The Balaban J connectivity index is 1.68. The van der Waals surface area contributed by atoms with Crippen molar-refractivity contribution in [3.05, 3.63) is 65.2 Å². The molecule has 2 aromatic rings. The molecule has 0 heterocycles. The van der Waals surface area contributed by atoms with E-state index >= 15 is 0 Å². The van der Waals surface area contributed by atoms with Crippen molar-refractivity contribution in [1.29, 1.82) is 0 Å². The molecule has 0 fully saturated rings. The minimum absolute atomic E-state index is 0.267. The fourth-order valence-electron chi connectivity index (χ4n) is 2.90. The summed E-state index contributed by atoms with van der Waals surface area (Å²) in [6.07, 6.45) is 10.4. The predicted molar refractivity (Wildman–Crippen MR) is 114 cm³/mol. The highest BCUT2D eigenvalue weighted by Crippen LogP contribution is 2.13. The highest BCUT2D eigenvalue weighted by molar-refractivity contribution is 5.87. The normalized spacial score (nSPS) is 10.2. The van der Waals surface area contributed by atoms with Gasteiger partial charge in [-0.2, -0.15) is 0 Å². The highest BCUT2D eigenvalue weighted by atomic mass is 16.5. The van der Waals surface area contributed by atoms with Gasteiger partial charge in [-0.15, -0.1) is 0 Å². The number of hydrogen-bond acceptors (Lipinski definition) is 2. The van der Waals surface area contributed by atoms with E-state index in [1.807, 2.05) is 24.3 Å².